The van der Waals surface area contributed by atoms with Crippen molar-refractivity contribution in [1.29, 1.82) is 0 Å². The molecule has 0 spiro atoms. The Morgan fingerprint density at radius 3 is 2.38 bits per heavy atom. The average Bonchev–Trinajstić information content (AvgIpc) is 2.85. The largest absolute Gasteiger partial charge is 0.478 e. The van der Waals surface area contributed by atoms with Crippen molar-refractivity contribution < 1.29 is 9.90 Å². The van der Waals surface area contributed by atoms with E-state index >= 15 is 0 Å². The first-order chi connectivity index (χ1) is 15.7. The Morgan fingerprint density at radius 1 is 0.938 bits per heavy atom. The zero-order valence-corrected chi connectivity index (χ0v) is 18.3. The number of rotatable bonds is 7. The number of benzene rings is 3. The lowest BCUT2D eigenvalue weighted by Gasteiger charge is -2.48. The maximum atomic E-state index is 11.5. The van der Waals surface area contributed by atoms with Crippen molar-refractivity contribution in [2.24, 2.45) is 5.92 Å². The number of carbonyl (C=O) groups is 1. The predicted molar refractivity (Wildman–Crippen MR) is 128 cm³/mol. The summed E-state index contributed by atoms with van der Waals surface area (Å²) in [5, 5.41) is 12.9. The van der Waals surface area contributed by atoms with Gasteiger partial charge in [-0.3, -0.25) is 4.90 Å². The van der Waals surface area contributed by atoms with E-state index in [1.165, 1.54) is 43.5 Å². The third kappa shape index (κ3) is 4.28. The van der Waals surface area contributed by atoms with Gasteiger partial charge in [0.1, 0.15) is 0 Å². The van der Waals surface area contributed by atoms with Crippen molar-refractivity contribution in [2.45, 2.75) is 37.8 Å². The molecule has 4 heteroatoms. The second-order valence-electron chi connectivity index (χ2n) is 9.11. The lowest BCUT2D eigenvalue weighted by molar-refractivity contribution is 0.0411. The van der Waals surface area contributed by atoms with E-state index in [1.54, 1.807) is 12.1 Å². The van der Waals surface area contributed by atoms with Gasteiger partial charge in [-0.1, -0.05) is 60.7 Å². The zero-order chi connectivity index (χ0) is 21.9. The molecular formula is C28H30N2O2. The number of nitrogens with one attached hydrogen (secondary N) is 1. The van der Waals surface area contributed by atoms with E-state index in [9.17, 15) is 9.90 Å². The third-order valence-electron chi connectivity index (χ3n) is 7.21. The molecule has 3 aliphatic heterocycles. The summed E-state index contributed by atoms with van der Waals surface area (Å²) in [5.74, 6) is 0.305. The number of hydrogen-bond acceptors (Lipinski definition) is 3. The number of piperidine rings is 3. The van der Waals surface area contributed by atoms with Gasteiger partial charge < -0.3 is 10.4 Å². The highest BCUT2D eigenvalue weighted by Crippen LogP contribution is 2.42. The lowest BCUT2D eigenvalue weighted by Crippen LogP contribution is -2.51. The highest BCUT2D eigenvalue weighted by atomic mass is 16.4. The van der Waals surface area contributed by atoms with E-state index < -0.39 is 5.97 Å². The summed E-state index contributed by atoms with van der Waals surface area (Å²) in [4.78, 5) is 14.2. The smallest absolute Gasteiger partial charge is 0.336 e. The Kier molecular flexibility index (Phi) is 5.95. The second kappa shape index (κ2) is 9.17. The van der Waals surface area contributed by atoms with Crippen molar-refractivity contribution >= 4 is 11.7 Å². The van der Waals surface area contributed by atoms with E-state index in [1.807, 2.05) is 12.1 Å². The number of nitrogens with zero attached hydrogens (tertiary/aromatic N) is 1. The van der Waals surface area contributed by atoms with Crippen molar-refractivity contribution in [3.8, 4) is 0 Å². The SMILES string of the molecule is O=C(O)c1ccccc1CNc1cccc(C(c2ccccc2)C2CC3CCN2CC3)c1. The van der Waals surface area contributed by atoms with Crippen molar-refractivity contribution in [2.75, 3.05) is 18.4 Å². The molecule has 0 amide bonds. The van der Waals surface area contributed by atoms with Gasteiger partial charge in [-0.2, -0.15) is 0 Å². The van der Waals surface area contributed by atoms with Crippen LogP contribution in [0.2, 0.25) is 0 Å². The predicted octanol–water partition coefficient (Wildman–Crippen LogP) is 5.61. The number of anilines is 1. The molecule has 164 valence electrons. The molecule has 0 aromatic heterocycles. The summed E-state index contributed by atoms with van der Waals surface area (Å²) in [6, 6.07) is 27.3. The molecule has 32 heavy (non-hydrogen) atoms. The summed E-state index contributed by atoms with van der Waals surface area (Å²) in [7, 11) is 0. The monoisotopic (exact) mass is 426 g/mol. The van der Waals surface area contributed by atoms with Crippen LogP contribution in [0, 0.1) is 5.92 Å². The van der Waals surface area contributed by atoms with E-state index in [-0.39, 0.29) is 0 Å². The van der Waals surface area contributed by atoms with Crippen LogP contribution in [0.15, 0.2) is 78.9 Å². The normalized spacial score (nSPS) is 22.9. The van der Waals surface area contributed by atoms with E-state index in [0.29, 0.717) is 24.1 Å². The molecule has 2 N–H and O–H groups in total. The molecule has 3 aromatic rings. The van der Waals surface area contributed by atoms with Crippen molar-refractivity contribution in [1.82, 2.24) is 4.90 Å². The summed E-state index contributed by atoms with van der Waals surface area (Å²) in [5.41, 5.74) is 4.87. The van der Waals surface area contributed by atoms with E-state index in [0.717, 1.165) is 17.2 Å². The van der Waals surface area contributed by atoms with Crippen LogP contribution in [0.25, 0.3) is 0 Å². The molecule has 2 bridgehead atoms. The molecule has 2 atom stereocenters. The maximum Gasteiger partial charge on any atom is 0.336 e. The van der Waals surface area contributed by atoms with Crippen LogP contribution in [-0.4, -0.2) is 35.1 Å². The van der Waals surface area contributed by atoms with Crippen molar-refractivity contribution in [3.63, 3.8) is 0 Å². The zero-order valence-electron chi connectivity index (χ0n) is 18.3. The topological polar surface area (TPSA) is 52.6 Å². The Balaban J connectivity index is 1.42. The summed E-state index contributed by atoms with van der Waals surface area (Å²) in [6.07, 6.45) is 3.94. The average molecular weight is 427 g/mol. The molecule has 4 nitrogen and oxygen atoms in total. The number of hydrogen-bond donors (Lipinski definition) is 2. The minimum Gasteiger partial charge on any atom is -0.478 e. The quantitative estimate of drug-likeness (QED) is 0.515. The van der Waals surface area contributed by atoms with Gasteiger partial charge in [-0.05, 0) is 73.2 Å². The van der Waals surface area contributed by atoms with Crippen LogP contribution in [-0.2, 0) is 6.54 Å². The van der Waals surface area contributed by atoms with Gasteiger partial charge in [0, 0.05) is 24.2 Å². The number of fused-ring (bicyclic) bond motifs is 3. The van der Waals surface area contributed by atoms with Crippen LogP contribution in [0.1, 0.15) is 52.2 Å². The van der Waals surface area contributed by atoms with Crippen LogP contribution in [0.5, 0.6) is 0 Å². The van der Waals surface area contributed by atoms with Crippen LogP contribution in [0.3, 0.4) is 0 Å². The Hall–Kier alpha value is -3.11. The molecule has 3 heterocycles. The number of aromatic carboxylic acids is 1. The van der Waals surface area contributed by atoms with Crippen LogP contribution < -0.4 is 5.32 Å². The molecule has 3 saturated heterocycles. The maximum absolute atomic E-state index is 11.5. The van der Waals surface area contributed by atoms with Gasteiger partial charge in [-0.25, -0.2) is 4.79 Å². The molecule has 2 unspecified atom stereocenters. The highest BCUT2D eigenvalue weighted by Gasteiger charge is 2.39. The molecule has 0 aliphatic carbocycles. The fourth-order valence-electron chi connectivity index (χ4n) is 5.58. The Bertz CT molecular complexity index is 1070. The molecule has 0 radical (unpaired) electrons. The van der Waals surface area contributed by atoms with Crippen molar-refractivity contribution in [3.05, 3.63) is 101 Å². The molecule has 0 saturated carbocycles. The summed E-state index contributed by atoms with van der Waals surface area (Å²) >= 11 is 0. The Morgan fingerprint density at radius 2 is 1.66 bits per heavy atom. The van der Waals surface area contributed by atoms with E-state index in [4.69, 9.17) is 0 Å². The van der Waals surface area contributed by atoms with E-state index in [2.05, 4.69) is 64.8 Å². The Labute approximate surface area is 189 Å². The standard InChI is InChI=1S/C28H30N2O2/c31-28(32)25-12-5-4-9-23(25)19-29-24-11-6-10-22(18-24)27(21-7-2-1-3-8-21)26-17-20-13-15-30(26)16-14-20/h1-12,18,20,26-27,29H,13-17,19H2,(H,31,32). The molecule has 3 aromatic carbocycles. The van der Waals surface area contributed by atoms with Gasteiger partial charge in [-0.15, -0.1) is 0 Å². The second-order valence-corrected chi connectivity index (χ2v) is 9.11. The number of carboxylic acid groups (broad SMARTS) is 1. The molecular weight excluding hydrogens is 396 g/mol. The van der Waals surface area contributed by atoms with Gasteiger partial charge in [0.25, 0.3) is 0 Å². The molecule has 3 fully saturated rings. The third-order valence-corrected chi connectivity index (χ3v) is 7.21. The van der Waals surface area contributed by atoms with Gasteiger partial charge in [0.2, 0.25) is 0 Å². The fourth-order valence-corrected chi connectivity index (χ4v) is 5.58. The van der Waals surface area contributed by atoms with Crippen LogP contribution >= 0.6 is 0 Å². The van der Waals surface area contributed by atoms with Gasteiger partial charge in [0.05, 0.1) is 5.56 Å². The molecule has 6 rings (SSSR count). The fraction of sp³-hybridized carbons (Fsp3) is 0.321. The summed E-state index contributed by atoms with van der Waals surface area (Å²) < 4.78 is 0. The highest BCUT2D eigenvalue weighted by molar-refractivity contribution is 5.89. The summed E-state index contributed by atoms with van der Waals surface area (Å²) in [6.45, 7) is 2.91. The first-order valence-corrected chi connectivity index (χ1v) is 11.6. The van der Waals surface area contributed by atoms with Gasteiger partial charge >= 0.3 is 5.97 Å². The lowest BCUT2D eigenvalue weighted by atomic mass is 9.74. The molecule has 3 aliphatic rings. The first kappa shape index (κ1) is 20.8. The first-order valence-electron chi connectivity index (χ1n) is 11.6. The number of carboxylic acids is 1. The van der Waals surface area contributed by atoms with Crippen LogP contribution in [0.4, 0.5) is 5.69 Å². The minimum atomic E-state index is -0.887. The van der Waals surface area contributed by atoms with Gasteiger partial charge in [0.15, 0.2) is 0 Å². The minimum absolute atomic E-state index is 0.340.